The van der Waals surface area contributed by atoms with E-state index in [0.29, 0.717) is 4.91 Å². The van der Waals surface area contributed by atoms with Gasteiger partial charge in [0.05, 0.1) is 9.80 Å². The van der Waals surface area contributed by atoms with Crippen molar-refractivity contribution in [1.82, 2.24) is 5.32 Å². The molecule has 5 nitrogen and oxygen atoms in total. The van der Waals surface area contributed by atoms with Crippen LogP contribution in [0.4, 0.5) is 4.79 Å². The third-order valence-corrected chi connectivity index (χ3v) is 4.24. The zero-order valence-electron chi connectivity index (χ0n) is 9.43. The lowest BCUT2D eigenvalue weighted by Gasteiger charge is -1.99. The van der Waals surface area contributed by atoms with Gasteiger partial charge in [0.2, 0.25) is 0 Å². The molecule has 0 radical (unpaired) electrons. The third kappa shape index (κ3) is 2.80. The fourth-order valence-electron chi connectivity index (χ4n) is 1.40. The molecule has 1 aromatic rings. The van der Waals surface area contributed by atoms with Crippen molar-refractivity contribution in [3.8, 4) is 0 Å². The Morgan fingerprint density at radius 2 is 1.89 bits per heavy atom. The summed E-state index contributed by atoms with van der Waals surface area (Å²) in [6.07, 6.45) is 2.81. The number of amides is 1. The maximum absolute atomic E-state index is 11.3. The Balaban J connectivity index is 2.29. The van der Waals surface area contributed by atoms with Crippen LogP contribution in [-0.2, 0) is 9.84 Å². The van der Waals surface area contributed by atoms with Crippen LogP contribution in [0.15, 0.2) is 34.1 Å². The monoisotopic (exact) mass is 282 g/mol. The number of nitrogens with one attached hydrogen (secondary N) is 2. The van der Waals surface area contributed by atoms with Gasteiger partial charge in [0.25, 0.3) is 5.24 Å². The number of carbonyl (C=O) groups excluding carboxylic acids is 1. The van der Waals surface area contributed by atoms with Gasteiger partial charge in [-0.2, -0.15) is 0 Å². The molecule has 0 unspecified atom stereocenters. The summed E-state index contributed by atoms with van der Waals surface area (Å²) in [6.45, 7) is 0. The summed E-state index contributed by atoms with van der Waals surface area (Å²) in [5.41, 5.74) is 0.742. The van der Waals surface area contributed by atoms with Crippen LogP contribution in [0.2, 0.25) is 0 Å². The van der Waals surface area contributed by atoms with E-state index < -0.39 is 9.84 Å². The van der Waals surface area contributed by atoms with Crippen LogP contribution in [0.25, 0.3) is 6.08 Å². The quantitative estimate of drug-likeness (QED) is 0.866. The molecule has 0 spiro atoms. The van der Waals surface area contributed by atoms with Gasteiger partial charge in [-0.05, 0) is 35.5 Å². The summed E-state index contributed by atoms with van der Waals surface area (Å²) in [7, 11) is -3.20. The van der Waals surface area contributed by atoms with Crippen LogP contribution in [0.3, 0.4) is 0 Å². The number of hydrogen-bond acceptors (Lipinski definition) is 5. The average Bonchev–Trinajstić information content (AvgIpc) is 2.57. The summed E-state index contributed by atoms with van der Waals surface area (Å²) in [6, 6.07) is 6.28. The van der Waals surface area contributed by atoms with Gasteiger partial charge in [0.15, 0.2) is 9.84 Å². The second-order valence-electron chi connectivity index (χ2n) is 3.74. The largest absolute Gasteiger partial charge is 0.301 e. The Hall–Kier alpha value is -1.60. The minimum atomic E-state index is -3.20. The van der Waals surface area contributed by atoms with Crippen molar-refractivity contribution >= 4 is 38.7 Å². The van der Waals surface area contributed by atoms with Crippen molar-refractivity contribution < 1.29 is 13.2 Å². The molecule has 1 saturated heterocycles. The molecule has 0 atom stereocenters. The molecule has 1 amide bonds. The Morgan fingerprint density at radius 3 is 2.33 bits per heavy atom. The number of amidine groups is 1. The van der Waals surface area contributed by atoms with Gasteiger partial charge in [-0.25, -0.2) is 8.42 Å². The molecule has 0 aliphatic carbocycles. The first-order chi connectivity index (χ1) is 8.36. The highest BCUT2D eigenvalue weighted by atomic mass is 32.2. The molecule has 0 bridgehead atoms. The van der Waals surface area contributed by atoms with Gasteiger partial charge in [-0.1, -0.05) is 12.1 Å². The first-order valence-electron chi connectivity index (χ1n) is 4.96. The molecule has 1 aromatic carbocycles. The number of hydrogen-bond donors (Lipinski definition) is 2. The normalized spacial score (nSPS) is 18.2. The zero-order chi connectivity index (χ0) is 13.3. The molecule has 2 rings (SSSR count). The SMILES string of the molecule is CS(=O)(=O)c1ccc(/C=C2\SC(=O)NC2=N)cc1. The zero-order valence-corrected chi connectivity index (χ0v) is 11.1. The minimum absolute atomic E-state index is 0.0668. The van der Waals surface area contributed by atoms with Crippen LogP contribution in [-0.4, -0.2) is 25.7 Å². The van der Waals surface area contributed by atoms with Crippen LogP contribution < -0.4 is 5.32 Å². The Kier molecular flexibility index (Phi) is 3.27. The van der Waals surface area contributed by atoms with Crippen molar-refractivity contribution in [3.05, 3.63) is 34.7 Å². The molecule has 0 saturated carbocycles. The first kappa shape index (κ1) is 12.8. The van der Waals surface area contributed by atoms with Gasteiger partial charge in [-0.15, -0.1) is 0 Å². The van der Waals surface area contributed by atoms with E-state index in [4.69, 9.17) is 5.41 Å². The molecule has 0 aromatic heterocycles. The van der Waals surface area contributed by atoms with E-state index in [1.165, 1.54) is 12.1 Å². The van der Waals surface area contributed by atoms with Crippen LogP contribution in [0.1, 0.15) is 5.56 Å². The second kappa shape index (κ2) is 4.58. The van der Waals surface area contributed by atoms with E-state index in [1.54, 1.807) is 18.2 Å². The fraction of sp³-hybridized carbons (Fsp3) is 0.0909. The van der Waals surface area contributed by atoms with Gasteiger partial charge >= 0.3 is 0 Å². The maximum atomic E-state index is 11.3. The fourth-order valence-corrected chi connectivity index (χ4v) is 2.74. The lowest BCUT2D eigenvalue weighted by molar-refractivity contribution is 0.265. The molecular weight excluding hydrogens is 272 g/mol. The number of sulfone groups is 1. The summed E-state index contributed by atoms with van der Waals surface area (Å²) in [5, 5.41) is 9.60. The predicted octanol–water partition coefficient (Wildman–Crippen LogP) is 1.86. The van der Waals surface area contributed by atoms with Crippen molar-refractivity contribution in [2.24, 2.45) is 0 Å². The van der Waals surface area contributed by atoms with Gasteiger partial charge < -0.3 is 5.32 Å². The standard InChI is InChI=1S/C11H10N2O3S2/c1-18(15,16)8-4-2-7(3-5-8)6-9-10(12)13-11(14)17-9/h2-6H,1H3,(H2,12,13,14)/b9-6-. The summed E-state index contributed by atoms with van der Waals surface area (Å²) >= 11 is 0.947. The van der Waals surface area contributed by atoms with Gasteiger partial charge in [0, 0.05) is 6.26 Å². The smallest absolute Gasteiger partial charge is 0.289 e. The van der Waals surface area contributed by atoms with E-state index in [-0.39, 0.29) is 16.0 Å². The Labute approximate surface area is 109 Å². The molecule has 1 fully saturated rings. The molecule has 2 N–H and O–H groups in total. The number of thioether (sulfide) groups is 1. The lowest BCUT2D eigenvalue weighted by atomic mass is 10.2. The van der Waals surface area contributed by atoms with Crippen LogP contribution >= 0.6 is 11.8 Å². The van der Waals surface area contributed by atoms with Crippen molar-refractivity contribution in [1.29, 1.82) is 5.41 Å². The maximum Gasteiger partial charge on any atom is 0.289 e. The summed E-state index contributed by atoms with van der Waals surface area (Å²) in [5.74, 6) is 0.0668. The average molecular weight is 282 g/mol. The van der Waals surface area contributed by atoms with Gasteiger partial charge in [-0.3, -0.25) is 10.2 Å². The molecule has 1 heterocycles. The highest BCUT2D eigenvalue weighted by molar-refractivity contribution is 8.18. The first-order valence-corrected chi connectivity index (χ1v) is 7.66. The van der Waals surface area contributed by atoms with Crippen molar-refractivity contribution in [2.45, 2.75) is 4.90 Å². The Bertz CT molecular complexity index is 645. The number of benzene rings is 1. The van der Waals surface area contributed by atoms with Crippen LogP contribution in [0.5, 0.6) is 0 Å². The van der Waals surface area contributed by atoms with E-state index >= 15 is 0 Å². The van der Waals surface area contributed by atoms with E-state index in [0.717, 1.165) is 23.6 Å². The van der Waals surface area contributed by atoms with Crippen molar-refractivity contribution in [3.63, 3.8) is 0 Å². The lowest BCUT2D eigenvalue weighted by Crippen LogP contribution is -2.17. The molecule has 1 aliphatic heterocycles. The van der Waals surface area contributed by atoms with Gasteiger partial charge in [0.1, 0.15) is 5.84 Å². The molecule has 94 valence electrons. The second-order valence-corrected chi connectivity index (χ2v) is 6.77. The third-order valence-electron chi connectivity index (χ3n) is 2.28. The molecule has 1 aliphatic rings. The number of rotatable bonds is 2. The van der Waals surface area contributed by atoms with Crippen LogP contribution in [0, 0.1) is 5.41 Å². The minimum Gasteiger partial charge on any atom is -0.301 e. The molecule has 7 heteroatoms. The molecule has 18 heavy (non-hydrogen) atoms. The molecular formula is C11H10N2O3S2. The number of carbonyl (C=O) groups is 1. The van der Waals surface area contributed by atoms with E-state index in [1.807, 2.05) is 0 Å². The van der Waals surface area contributed by atoms with E-state index in [9.17, 15) is 13.2 Å². The summed E-state index contributed by atoms with van der Waals surface area (Å²) in [4.78, 5) is 11.8. The predicted molar refractivity (Wildman–Crippen MR) is 71.4 cm³/mol. The highest BCUT2D eigenvalue weighted by Gasteiger charge is 2.21. The highest BCUT2D eigenvalue weighted by Crippen LogP contribution is 2.25. The Morgan fingerprint density at radius 1 is 1.28 bits per heavy atom. The van der Waals surface area contributed by atoms with E-state index in [2.05, 4.69) is 5.32 Å². The topological polar surface area (TPSA) is 87.1 Å². The van der Waals surface area contributed by atoms with Crippen molar-refractivity contribution in [2.75, 3.05) is 6.26 Å². The summed E-state index contributed by atoms with van der Waals surface area (Å²) < 4.78 is 22.6.